The Morgan fingerprint density at radius 1 is 1.26 bits per heavy atom. The van der Waals surface area contributed by atoms with Crippen LogP contribution in [0.1, 0.15) is 29.1 Å². The first kappa shape index (κ1) is 15.6. The van der Waals surface area contributed by atoms with Gasteiger partial charge in [0.25, 0.3) is 5.91 Å². The number of fused-ring (bicyclic) bond motifs is 1. The smallest absolute Gasteiger partial charge is 0.271 e. The Bertz CT molecular complexity index is 723. The average molecular weight is 330 g/mol. The zero-order valence-electron chi connectivity index (χ0n) is 13.0. The highest BCUT2D eigenvalue weighted by Crippen LogP contribution is 2.34. The molecule has 0 saturated carbocycles. The molecule has 0 bridgehead atoms. The molecular formula is C17H18N2O3S. The number of ether oxygens (including phenoxy) is 2. The van der Waals surface area contributed by atoms with Gasteiger partial charge in [0.15, 0.2) is 11.5 Å². The van der Waals surface area contributed by atoms with Crippen molar-refractivity contribution in [3.8, 4) is 11.5 Å². The number of nitrogens with one attached hydrogen (secondary N) is 1. The summed E-state index contributed by atoms with van der Waals surface area (Å²) >= 11 is 1.55. The highest BCUT2D eigenvalue weighted by atomic mass is 32.1. The van der Waals surface area contributed by atoms with Gasteiger partial charge in [0.2, 0.25) is 0 Å². The summed E-state index contributed by atoms with van der Waals surface area (Å²) in [5, 5.41) is 5.91. The van der Waals surface area contributed by atoms with E-state index < -0.39 is 0 Å². The Balaban J connectivity index is 1.69. The quantitative estimate of drug-likeness (QED) is 0.694. The molecule has 0 spiro atoms. The largest absolute Gasteiger partial charge is 0.489 e. The van der Waals surface area contributed by atoms with Gasteiger partial charge in [-0.25, -0.2) is 5.43 Å². The first-order valence-electron chi connectivity index (χ1n) is 7.30. The molecule has 0 radical (unpaired) electrons. The van der Waals surface area contributed by atoms with Crippen LogP contribution in [0, 0.1) is 5.41 Å². The van der Waals surface area contributed by atoms with Gasteiger partial charge in [-0.15, -0.1) is 11.3 Å². The van der Waals surface area contributed by atoms with Crippen molar-refractivity contribution in [1.29, 1.82) is 0 Å². The van der Waals surface area contributed by atoms with Crippen molar-refractivity contribution in [3.05, 3.63) is 46.2 Å². The van der Waals surface area contributed by atoms with Gasteiger partial charge in [0, 0.05) is 15.9 Å². The van der Waals surface area contributed by atoms with E-state index in [2.05, 4.69) is 24.4 Å². The lowest BCUT2D eigenvalue weighted by Crippen LogP contribution is -2.26. The van der Waals surface area contributed by atoms with Crippen molar-refractivity contribution >= 4 is 23.5 Å². The van der Waals surface area contributed by atoms with Gasteiger partial charge in [-0.1, -0.05) is 19.9 Å². The number of rotatable bonds is 3. The Labute approximate surface area is 138 Å². The molecule has 1 aliphatic rings. The maximum Gasteiger partial charge on any atom is 0.271 e. The molecule has 1 aliphatic heterocycles. The summed E-state index contributed by atoms with van der Waals surface area (Å²) in [5.74, 6) is 0.965. The Kier molecular flexibility index (Phi) is 4.34. The molecule has 0 aliphatic carbocycles. The normalized spacial score (nSPS) is 16.1. The Morgan fingerprint density at radius 2 is 2.04 bits per heavy atom. The van der Waals surface area contributed by atoms with E-state index in [1.54, 1.807) is 35.8 Å². The van der Waals surface area contributed by atoms with Crippen molar-refractivity contribution in [3.63, 3.8) is 0 Å². The fraction of sp³-hybridized carbons (Fsp3) is 0.294. The van der Waals surface area contributed by atoms with E-state index in [0.29, 0.717) is 30.3 Å². The second-order valence-electron chi connectivity index (χ2n) is 6.12. The van der Waals surface area contributed by atoms with Crippen LogP contribution in [0.4, 0.5) is 0 Å². The molecule has 0 saturated heterocycles. The second kappa shape index (κ2) is 6.42. The van der Waals surface area contributed by atoms with E-state index in [9.17, 15) is 4.79 Å². The molecule has 3 rings (SSSR count). The van der Waals surface area contributed by atoms with Crippen LogP contribution < -0.4 is 14.9 Å². The highest BCUT2D eigenvalue weighted by molar-refractivity contribution is 7.11. The molecule has 1 aromatic carbocycles. The summed E-state index contributed by atoms with van der Waals surface area (Å²) in [6.45, 7) is 5.27. The average Bonchev–Trinajstić information content (AvgIpc) is 2.99. The maximum absolute atomic E-state index is 12.2. The zero-order chi connectivity index (χ0) is 16.3. The lowest BCUT2D eigenvalue weighted by atomic mass is 9.97. The Morgan fingerprint density at radius 3 is 2.78 bits per heavy atom. The van der Waals surface area contributed by atoms with Gasteiger partial charge < -0.3 is 9.47 Å². The summed E-state index contributed by atoms with van der Waals surface area (Å²) in [6.07, 6.45) is 1.62. The first-order valence-corrected chi connectivity index (χ1v) is 8.18. The molecule has 5 nitrogen and oxygen atoms in total. The minimum atomic E-state index is -0.285. The van der Waals surface area contributed by atoms with Crippen LogP contribution in [0.3, 0.4) is 0 Å². The molecule has 1 N–H and O–H groups in total. The third-order valence-corrected chi connectivity index (χ3v) is 4.15. The van der Waals surface area contributed by atoms with Crippen LogP contribution in [0.2, 0.25) is 0 Å². The number of amides is 1. The number of benzene rings is 1. The zero-order valence-corrected chi connectivity index (χ0v) is 13.9. The molecule has 0 atom stereocenters. The minimum absolute atomic E-state index is 0.0631. The van der Waals surface area contributed by atoms with Gasteiger partial charge >= 0.3 is 0 Å². The molecule has 0 fully saturated rings. The monoisotopic (exact) mass is 330 g/mol. The standard InChI is InChI=1S/C17H18N2O3S/c1-17(2)10-21-14-6-5-12(8-15(14)22-11-17)16(20)19-18-9-13-4-3-7-23-13/h3-9H,10-11H2,1-2H3,(H,19,20)/b18-9-. The number of hydrogen-bond donors (Lipinski definition) is 1. The number of hydrogen-bond acceptors (Lipinski definition) is 5. The summed E-state index contributed by atoms with van der Waals surface area (Å²) in [4.78, 5) is 13.1. The number of carbonyl (C=O) groups is 1. The summed E-state index contributed by atoms with van der Waals surface area (Å²) < 4.78 is 11.5. The Hall–Kier alpha value is -2.34. The molecule has 2 aromatic rings. The molecule has 23 heavy (non-hydrogen) atoms. The van der Waals surface area contributed by atoms with Crippen molar-refractivity contribution in [2.75, 3.05) is 13.2 Å². The van der Waals surface area contributed by atoms with Crippen LogP contribution in [-0.2, 0) is 0 Å². The molecule has 1 aromatic heterocycles. The predicted octanol–water partition coefficient (Wildman–Crippen LogP) is 3.31. The highest BCUT2D eigenvalue weighted by Gasteiger charge is 2.25. The number of carbonyl (C=O) groups excluding carboxylic acids is 1. The van der Waals surface area contributed by atoms with Gasteiger partial charge in [-0.3, -0.25) is 4.79 Å². The van der Waals surface area contributed by atoms with Crippen LogP contribution in [-0.4, -0.2) is 25.3 Å². The van der Waals surface area contributed by atoms with Gasteiger partial charge in [-0.05, 0) is 29.6 Å². The number of nitrogens with zero attached hydrogens (tertiary/aromatic N) is 1. The van der Waals surface area contributed by atoms with E-state index in [-0.39, 0.29) is 11.3 Å². The lowest BCUT2D eigenvalue weighted by Gasteiger charge is -2.19. The maximum atomic E-state index is 12.2. The third-order valence-electron chi connectivity index (χ3n) is 3.34. The van der Waals surface area contributed by atoms with Gasteiger partial charge in [-0.2, -0.15) is 5.10 Å². The fourth-order valence-corrected chi connectivity index (χ4v) is 2.64. The SMILES string of the molecule is CC1(C)COc2ccc(C(=O)N/N=C\c3cccs3)cc2OC1. The lowest BCUT2D eigenvalue weighted by molar-refractivity contribution is 0.0954. The predicted molar refractivity (Wildman–Crippen MR) is 90.6 cm³/mol. The van der Waals surface area contributed by atoms with E-state index >= 15 is 0 Å². The first-order chi connectivity index (χ1) is 11.0. The van der Waals surface area contributed by atoms with E-state index in [0.717, 1.165) is 4.88 Å². The van der Waals surface area contributed by atoms with E-state index in [1.165, 1.54) is 0 Å². The molecular weight excluding hydrogens is 312 g/mol. The topological polar surface area (TPSA) is 59.9 Å². The van der Waals surface area contributed by atoms with E-state index in [1.807, 2.05) is 17.5 Å². The van der Waals surface area contributed by atoms with Crippen molar-refractivity contribution in [2.24, 2.45) is 10.5 Å². The molecule has 1 amide bonds. The third kappa shape index (κ3) is 3.90. The van der Waals surface area contributed by atoms with Crippen LogP contribution in [0.25, 0.3) is 0 Å². The molecule has 6 heteroatoms. The number of hydrazone groups is 1. The summed E-state index contributed by atoms with van der Waals surface area (Å²) in [7, 11) is 0. The van der Waals surface area contributed by atoms with Crippen molar-refractivity contribution < 1.29 is 14.3 Å². The van der Waals surface area contributed by atoms with Crippen LogP contribution in [0.15, 0.2) is 40.8 Å². The van der Waals surface area contributed by atoms with Gasteiger partial charge in [0.1, 0.15) is 0 Å². The molecule has 120 valence electrons. The second-order valence-corrected chi connectivity index (χ2v) is 7.10. The minimum Gasteiger partial charge on any atom is -0.489 e. The van der Waals surface area contributed by atoms with Crippen LogP contribution >= 0.6 is 11.3 Å². The summed E-state index contributed by atoms with van der Waals surface area (Å²) in [5.41, 5.74) is 2.94. The fourth-order valence-electron chi connectivity index (χ4n) is 2.05. The molecule has 0 unspecified atom stereocenters. The van der Waals surface area contributed by atoms with Crippen LogP contribution in [0.5, 0.6) is 11.5 Å². The van der Waals surface area contributed by atoms with Crippen molar-refractivity contribution in [1.82, 2.24) is 5.43 Å². The molecule has 2 heterocycles. The van der Waals surface area contributed by atoms with Gasteiger partial charge in [0.05, 0.1) is 19.4 Å². The summed E-state index contributed by atoms with van der Waals surface area (Å²) in [6, 6.07) is 9.01. The number of thiophene rings is 1. The van der Waals surface area contributed by atoms with Crippen molar-refractivity contribution in [2.45, 2.75) is 13.8 Å². The van der Waals surface area contributed by atoms with E-state index in [4.69, 9.17) is 9.47 Å².